The number of nitrogens with one attached hydrogen (secondary N) is 4. The second-order valence-electron chi connectivity index (χ2n) is 20.1. The molecule has 6 aromatic heterocycles. The number of nitrogens with two attached hydrogens (primary N) is 4. The molecule has 0 unspecified atom stereocenters. The van der Waals surface area contributed by atoms with E-state index in [9.17, 15) is 57.8 Å². The number of carbonyl (C=O) groups excluding carboxylic acids is 2. The zero-order valence-corrected chi connectivity index (χ0v) is 54.5. The number of nitro benzene ring substituents is 2. The normalized spacial score (nSPS) is 11.0. The molecule has 0 aliphatic carbocycles. The van der Waals surface area contributed by atoms with Crippen molar-refractivity contribution in [3.63, 3.8) is 0 Å². The SMILES string of the molecule is NC(=O)n1[nH]c(-c2ccc(F)cc2)c(N=Nc2cccc(Cl)c2)c1=O.NC(=O)n1[nH]c(-c2ccc([N+](=O)[O-])cc2)c(N=Nc2cccc(Cl)c2)c1=O.NC(=S)n1[nH]c(-c2ccc(F)cc2)c(N=Nc2cccnc2)c1=O.NC(=S)n1[nH]c(-c2ccc([N+](=O)[O-])cc2)c(N=Nc2cccnc2)c1=O. The van der Waals surface area contributed by atoms with Crippen molar-refractivity contribution in [1.82, 2.24) is 49.1 Å². The summed E-state index contributed by atoms with van der Waals surface area (Å²) < 4.78 is 29.3. The Hall–Kier alpha value is -14.0. The van der Waals surface area contributed by atoms with Crippen molar-refractivity contribution in [3.8, 4) is 45.0 Å². The molecule has 0 saturated carbocycles. The van der Waals surface area contributed by atoms with Crippen LogP contribution in [0.3, 0.4) is 0 Å². The lowest BCUT2D eigenvalue weighted by molar-refractivity contribution is -0.385. The molecule has 0 fully saturated rings. The molecule has 34 nitrogen and oxygen atoms in total. The molecule has 40 heteroatoms. The van der Waals surface area contributed by atoms with E-state index < -0.39 is 55.8 Å². The maximum Gasteiger partial charge on any atom is 0.341 e. The number of amides is 2. The average Bonchev–Trinajstić information content (AvgIpc) is 1.67. The third-order valence-electron chi connectivity index (χ3n) is 13.3. The van der Waals surface area contributed by atoms with Crippen LogP contribution in [0.1, 0.15) is 0 Å². The molecule has 12 aromatic rings. The zero-order chi connectivity index (χ0) is 73.3. The molecule has 0 aliphatic heterocycles. The monoisotopic (exact) mass is 1460 g/mol. The van der Waals surface area contributed by atoms with Crippen LogP contribution in [-0.2, 0) is 0 Å². The van der Waals surface area contributed by atoms with Crippen LogP contribution in [0.25, 0.3) is 45.0 Å². The van der Waals surface area contributed by atoms with Gasteiger partial charge in [0.25, 0.3) is 11.4 Å². The molecule has 0 saturated heterocycles. The number of aromatic amines is 4. The van der Waals surface area contributed by atoms with E-state index in [1.807, 2.05) is 0 Å². The minimum atomic E-state index is -1.03. The Bertz CT molecular complexity index is 5530. The Labute approximate surface area is 587 Å². The molecule has 102 heavy (non-hydrogen) atoms. The van der Waals surface area contributed by atoms with Gasteiger partial charge < -0.3 is 22.9 Å². The maximum absolute atomic E-state index is 13.1. The van der Waals surface area contributed by atoms with Crippen molar-refractivity contribution in [2.75, 3.05) is 0 Å². The van der Waals surface area contributed by atoms with E-state index in [0.29, 0.717) is 70.1 Å². The molecule has 0 atom stereocenters. The topological polar surface area (TPSA) is 500 Å². The molecule has 512 valence electrons. The average molecular weight is 1460 g/mol. The lowest BCUT2D eigenvalue weighted by Gasteiger charge is -1.99. The van der Waals surface area contributed by atoms with Crippen LogP contribution in [0.4, 0.5) is 75.2 Å². The third-order valence-corrected chi connectivity index (χ3v) is 14.2. The van der Waals surface area contributed by atoms with Crippen LogP contribution >= 0.6 is 47.6 Å². The van der Waals surface area contributed by atoms with Gasteiger partial charge in [-0.05, 0) is 158 Å². The van der Waals surface area contributed by atoms with Gasteiger partial charge in [-0.25, -0.2) is 18.4 Å². The van der Waals surface area contributed by atoms with Crippen LogP contribution in [0.5, 0.6) is 0 Å². The lowest BCUT2D eigenvalue weighted by Crippen LogP contribution is -2.29. The second kappa shape index (κ2) is 32.8. The fraction of sp³-hybridized carbons (Fsp3) is 0. The van der Waals surface area contributed by atoms with Gasteiger partial charge in [-0.1, -0.05) is 35.3 Å². The number of thiocarbonyl (C=S) groups is 2. The Morgan fingerprint density at radius 3 is 0.951 bits per heavy atom. The fourth-order valence-electron chi connectivity index (χ4n) is 8.58. The van der Waals surface area contributed by atoms with Crippen LogP contribution in [0.2, 0.25) is 10.0 Å². The molecule has 2 amide bonds. The van der Waals surface area contributed by atoms with Crippen molar-refractivity contribution in [2.45, 2.75) is 0 Å². The van der Waals surface area contributed by atoms with Gasteiger partial charge in [0, 0.05) is 69.0 Å². The third kappa shape index (κ3) is 18.0. The first kappa shape index (κ1) is 72.3. The number of hydrogen-bond donors (Lipinski definition) is 8. The van der Waals surface area contributed by atoms with Crippen LogP contribution in [0, 0.1) is 31.9 Å². The van der Waals surface area contributed by atoms with E-state index in [1.165, 1.54) is 116 Å². The molecule has 0 bridgehead atoms. The van der Waals surface area contributed by atoms with Crippen molar-refractivity contribution in [2.24, 2.45) is 63.8 Å². The number of pyridine rings is 2. The summed E-state index contributed by atoms with van der Waals surface area (Å²) in [5.41, 5.74) is 22.7. The number of H-pyrrole nitrogens is 4. The molecule has 12 rings (SSSR count). The van der Waals surface area contributed by atoms with Crippen molar-refractivity contribution in [1.29, 1.82) is 0 Å². The standard InChI is InChI=1S/C16H11ClFN5O2.C16H11ClN6O4.C15H11FN6OS.C15H11N7O3S/c17-10-2-1-3-12(8-10)20-21-14-13(9-4-6-11(18)7-5-9)22-23(15(14)24)16(19)25;17-10-2-1-3-11(8-10)19-20-14-13(21-22(15(14)24)16(18)25)9-4-6-12(7-5-9)23(26)27;16-10-5-3-9(4-6-10)12-13(14(23)22(21-12)15(17)24)20-19-11-2-1-7-18-8-11;16-15(26)21-14(23)13(19-18-10-2-1-7-17-8-10)12(20-21)9-3-5-11(6-4-9)22(24)25/h1-8,22H,(H2,19,25);1-8,21H,(H2,18,25);1-8,21H,(H2,17,24);1-8,20H,(H2,16,26). The van der Waals surface area contributed by atoms with E-state index in [1.54, 1.807) is 79.1 Å². The summed E-state index contributed by atoms with van der Waals surface area (Å²) in [6.45, 7) is 0. The van der Waals surface area contributed by atoms with Gasteiger partial charge in [-0.3, -0.25) is 69.8 Å². The highest BCUT2D eigenvalue weighted by molar-refractivity contribution is 7.80. The van der Waals surface area contributed by atoms with Crippen molar-refractivity contribution in [3.05, 3.63) is 278 Å². The predicted octanol–water partition coefficient (Wildman–Crippen LogP) is 13.3. The van der Waals surface area contributed by atoms with Gasteiger partial charge in [0.05, 0.1) is 56.4 Å². The summed E-state index contributed by atoms with van der Waals surface area (Å²) in [5, 5.41) is 64.4. The van der Waals surface area contributed by atoms with E-state index >= 15 is 0 Å². The molecule has 12 N–H and O–H groups in total. The van der Waals surface area contributed by atoms with Gasteiger partial charge in [-0.2, -0.15) is 29.0 Å². The number of primary amides is 2. The molecule has 6 aromatic carbocycles. The Morgan fingerprint density at radius 2 is 0.686 bits per heavy atom. The number of azo groups is 4. The predicted molar refractivity (Wildman–Crippen MR) is 378 cm³/mol. The Balaban J connectivity index is 0.000000158. The maximum atomic E-state index is 13.1. The lowest BCUT2D eigenvalue weighted by atomic mass is 10.1. The number of benzene rings is 6. The highest BCUT2D eigenvalue weighted by Gasteiger charge is 2.23. The summed E-state index contributed by atoms with van der Waals surface area (Å²) in [6, 6.07) is 39.5. The van der Waals surface area contributed by atoms with Gasteiger partial charge in [0.1, 0.15) is 23.0 Å². The number of nitro groups is 2. The van der Waals surface area contributed by atoms with Crippen LogP contribution in [0.15, 0.2) is 255 Å². The van der Waals surface area contributed by atoms with Gasteiger partial charge in [-0.15, -0.1) is 30.7 Å². The van der Waals surface area contributed by atoms with E-state index in [0.717, 1.165) is 9.36 Å². The summed E-state index contributed by atoms with van der Waals surface area (Å²) in [5.74, 6) is -0.837. The number of nitrogens with zero attached hydrogens (tertiary/aromatic N) is 16. The molecule has 0 aliphatic rings. The van der Waals surface area contributed by atoms with E-state index in [2.05, 4.69) is 71.3 Å². The van der Waals surface area contributed by atoms with Gasteiger partial charge >= 0.3 is 34.3 Å². The first-order valence-electron chi connectivity index (χ1n) is 28.4. The number of aromatic nitrogens is 10. The number of halogens is 4. The summed E-state index contributed by atoms with van der Waals surface area (Å²) in [7, 11) is 0. The highest BCUT2D eigenvalue weighted by atomic mass is 35.5. The first-order chi connectivity index (χ1) is 48.8. The van der Waals surface area contributed by atoms with Crippen molar-refractivity contribution >= 4 is 127 Å². The molecule has 0 spiro atoms. The van der Waals surface area contributed by atoms with Gasteiger partial charge in [0.15, 0.2) is 33.0 Å². The molecule has 6 heterocycles. The van der Waals surface area contributed by atoms with Crippen LogP contribution < -0.4 is 45.2 Å². The molecular formula is C62H44Cl2F2N24O10S2. The van der Waals surface area contributed by atoms with E-state index in [-0.39, 0.29) is 61.4 Å². The number of hydrogen-bond acceptors (Lipinski definition) is 22. The number of non-ortho nitro benzene ring substituents is 2. The van der Waals surface area contributed by atoms with E-state index in [4.69, 9.17) is 70.6 Å². The largest absolute Gasteiger partial charge is 0.374 e. The fourth-order valence-corrected chi connectivity index (χ4v) is 9.20. The smallest absolute Gasteiger partial charge is 0.341 e. The molecular weight excluding hydrogens is 1410 g/mol. The summed E-state index contributed by atoms with van der Waals surface area (Å²) >= 11 is 21.4. The minimum absolute atomic E-state index is 0.0123. The number of carbonyl (C=O) groups is 2. The summed E-state index contributed by atoms with van der Waals surface area (Å²) in [4.78, 5) is 101. The van der Waals surface area contributed by atoms with Crippen LogP contribution in [-0.4, -0.2) is 81.2 Å². The van der Waals surface area contributed by atoms with Crippen molar-refractivity contribution < 1.29 is 28.2 Å². The first-order valence-corrected chi connectivity index (χ1v) is 30.0. The molecule has 0 radical (unpaired) electrons. The minimum Gasteiger partial charge on any atom is -0.374 e. The summed E-state index contributed by atoms with van der Waals surface area (Å²) in [6.07, 6.45) is 6.16. The second-order valence-corrected chi connectivity index (χ2v) is 21.8. The quantitative estimate of drug-likeness (QED) is 0.0217. The Morgan fingerprint density at radius 1 is 0.412 bits per heavy atom. The highest BCUT2D eigenvalue weighted by Crippen LogP contribution is 2.33. The number of rotatable bonds is 14. The van der Waals surface area contributed by atoms with Gasteiger partial charge in [0.2, 0.25) is 0 Å². The Kier molecular flexibility index (Phi) is 23.3. The zero-order valence-electron chi connectivity index (χ0n) is 51.4.